The van der Waals surface area contributed by atoms with E-state index < -0.39 is 41.9 Å². The highest BCUT2D eigenvalue weighted by Gasteiger charge is 2.62. The van der Waals surface area contributed by atoms with Gasteiger partial charge in [-0.3, -0.25) is 4.79 Å². The number of amides is 1. The average molecular weight is 412 g/mol. The quantitative estimate of drug-likeness (QED) is 0.550. The van der Waals surface area contributed by atoms with E-state index in [4.69, 9.17) is 0 Å². The number of rotatable bonds is 4. The van der Waals surface area contributed by atoms with Crippen LogP contribution in [0.3, 0.4) is 0 Å². The van der Waals surface area contributed by atoms with E-state index in [2.05, 4.69) is 0 Å². The minimum absolute atomic E-state index is 0.161. The minimum atomic E-state index is -4.33. The molecule has 1 saturated heterocycles. The van der Waals surface area contributed by atoms with Crippen molar-refractivity contribution in [2.75, 3.05) is 36.8 Å². The fourth-order valence-electron chi connectivity index (χ4n) is 3.07. The average Bonchev–Trinajstić information content (AvgIpc) is 3.21. The molecule has 1 aliphatic heterocycles. The molecule has 1 heterocycles. The van der Waals surface area contributed by atoms with Crippen molar-refractivity contribution in [2.24, 2.45) is 5.92 Å². The van der Waals surface area contributed by atoms with E-state index in [-0.39, 0.29) is 31.9 Å². The first-order valence-electron chi connectivity index (χ1n) is 8.39. The molecule has 150 valence electrons. The van der Waals surface area contributed by atoms with Gasteiger partial charge in [0.15, 0.2) is 0 Å². The number of hydrogen-bond donors (Lipinski definition) is 0. The van der Waals surface area contributed by atoms with Gasteiger partial charge in [-0.05, 0) is 24.6 Å². The van der Waals surface area contributed by atoms with Gasteiger partial charge in [-0.15, -0.1) is 11.8 Å². The first-order chi connectivity index (χ1) is 12.5. The SMILES string of the molecule is Cc1cc(F)c(N2CCN(C(=O)C3CC3(F)F)CC2)cc1SCC(F)(F)F. The van der Waals surface area contributed by atoms with Crippen molar-refractivity contribution in [1.82, 2.24) is 4.90 Å². The molecule has 0 bridgehead atoms. The molecule has 3 nitrogen and oxygen atoms in total. The summed E-state index contributed by atoms with van der Waals surface area (Å²) in [6.45, 7) is 2.34. The van der Waals surface area contributed by atoms with Crippen molar-refractivity contribution < 1.29 is 31.1 Å². The Hall–Kier alpha value is -1.58. The molecular weight excluding hydrogens is 394 g/mol. The van der Waals surface area contributed by atoms with E-state index >= 15 is 0 Å². The third-order valence-electron chi connectivity index (χ3n) is 4.69. The van der Waals surface area contributed by atoms with Gasteiger partial charge < -0.3 is 9.80 Å². The number of alkyl halides is 5. The largest absolute Gasteiger partial charge is 0.398 e. The van der Waals surface area contributed by atoms with Gasteiger partial charge >= 0.3 is 6.18 Å². The predicted octanol–water partition coefficient (Wildman–Crippen LogP) is 4.09. The summed E-state index contributed by atoms with van der Waals surface area (Å²) in [7, 11) is 0. The van der Waals surface area contributed by atoms with E-state index in [1.165, 1.54) is 24.0 Å². The van der Waals surface area contributed by atoms with Crippen LogP contribution in [0.2, 0.25) is 0 Å². The molecule has 10 heteroatoms. The molecule has 1 aromatic rings. The van der Waals surface area contributed by atoms with Gasteiger partial charge in [0.05, 0.1) is 11.4 Å². The Kier molecular flexibility index (Phi) is 5.31. The number of anilines is 1. The molecule has 27 heavy (non-hydrogen) atoms. The lowest BCUT2D eigenvalue weighted by molar-refractivity contribution is -0.135. The minimum Gasteiger partial charge on any atom is -0.366 e. The highest BCUT2D eigenvalue weighted by molar-refractivity contribution is 7.99. The van der Waals surface area contributed by atoms with Crippen molar-refractivity contribution in [1.29, 1.82) is 0 Å². The van der Waals surface area contributed by atoms with Gasteiger partial charge in [0.1, 0.15) is 11.7 Å². The Morgan fingerprint density at radius 1 is 1.22 bits per heavy atom. The number of aryl methyl sites for hydroxylation is 1. The summed E-state index contributed by atoms with van der Waals surface area (Å²) in [5.74, 6) is -6.41. The van der Waals surface area contributed by atoms with Crippen LogP contribution in [-0.2, 0) is 4.79 Å². The van der Waals surface area contributed by atoms with Gasteiger partial charge in [-0.1, -0.05) is 0 Å². The van der Waals surface area contributed by atoms with E-state index in [1.807, 2.05) is 0 Å². The van der Waals surface area contributed by atoms with E-state index in [0.717, 1.165) is 0 Å². The summed E-state index contributed by atoms with van der Waals surface area (Å²) < 4.78 is 77.8. The number of benzene rings is 1. The van der Waals surface area contributed by atoms with Crippen molar-refractivity contribution >= 4 is 23.4 Å². The maximum atomic E-state index is 14.3. The molecule has 1 atom stereocenters. The van der Waals surface area contributed by atoms with E-state index in [0.29, 0.717) is 22.2 Å². The number of nitrogens with zero attached hydrogens (tertiary/aromatic N) is 2. The molecule has 0 radical (unpaired) electrons. The summed E-state index contributed by atoms with van der Waals surface area (Å²) >= 11 is 0.592. The van der Waals surface area contributed by atoms with Gasteiger partial charge in [-0.25, -0.2) is 13.2 Å². The van der Waals surface area contributed by atoms with Gasteiger partial charge in [0.25, 0.3) is 5.92 Å². The number of carbonyl (C=O) groups is 1. The van der Waals surface area contributed by atoms with E-state index in [9.17, 15) is 31.1 Å². The molecular formula is C17H18F6N2OS. The predicted molar refractivity (Wildman–Crippen MR) is 89.8 cm³/mol. The third kappa shape index (κ3) is 4.64. The zero-order valence-corrected chi connectivity index (χ0v) is 15.3. The topological polar surface area (TPSA) is 23.6 Å². The Morgan fingerprint density at radius 2 is 1.81 bits per heavy atom. The molecule has 1 unspecified atom stereocenters. The van der Waals surface area contributed by atoms with Crippen molar-refractivity contribution in [3.05, 3.63) is 23.5 Å². The molecule has 1 aliphatic carbocycles. The Labute approximate surface area is 156 Å². The number of thioether (sulfide) groups is 1. The molecule has 1 aromatic carbocycles. The van der Waals surface area contributed by atoms with Crippen LogP contribution in [-0.4, -0.2) is 54.8 Å². The normalized spacial score (nSPS) is 22.1. The summed E-state index contributed by atoms with van der Waals surface area (Å²) in [4.78, 5) is 15.3. The monoisotopic (exact) mass is 412 g/mol. The summed E-state index contributed by atoms with van der Waals surface area (Å²) in [5, 5.41) is 0. The highest BCUT2D eigenvalue weighted by atomic mass is 32.2. The maximum Gasteiger partial charge on any atom is 0.398 e. The second-order valence-electron chi connectivity index (χ2n) is 6.80. The van der Waals surface area contributed by atoms with Crippen LogP contribution in [0, 0.1) is 18.7 Å². The lowest BCUT2D eigenvalue weighted by Gasteiger charge is -2.36. The summed E-state index contributed by atoms with van der Waals surface area (Å²) in [6, 6.07) is 2.57. The maximum absolute atomic E-state index is 14.3. The fraction of sp³-hybridized carbons (Fsp3) is 0.588. The van der Waals surface area contributed by atoms with Crippen LogP contribution < -0.4 is 4.90 Å². The van der Waals surface area contributed by atoms with Crippen LogP contribution in [0.15, 0.2) is 17.0 Å². The fourth-order valence-corrected chi connectivity index (χ4v) is 3.87. The number of hydrogen-bond acceptors (Lipinski definition) is 3. The van der Waals surface area contributed by atoms with E-state index in [1.54, 1.807) is 4.90 Å². The Morgan fingerprint density at radius 3 is 2.33 bits per heavy atom. The third-order valence-corrected chi connectivity index (χ3v) is 5.91. The van der Waals surface area contributed by atoms with Crippen molar-refractivity contribution in [3.63, 3.8) is 0 Å². The van der Waals surface area contributed by atoms with Crippen molar-refractivity contribution in [3.8, 4) is 0 Å². The van der Waals surface area contributed by atoms with Crippen LogP contribution in [0.1, 0.15) is 12.0 Å². The second kappa shape index (κ2) is 7.10. The Bertz CT molecular complexity index is 731. The zero-order chi connectivity index (χ0) is 20.0. The van der Waals surface area contributed by atoms with Crippen LogP contribution in [0.5, 0.6) is 0 Å². The lowest BCUT2D eigenvalue weighted by Crippen LogP contribution is -2.49. The molecule has 2 fully saturated rings. The molecule has 2 aliphatic rings. The lowest BCUT2D eigenvalue weighted by atomic mass is 10.1. The molecule has 0 N–H and O–H groups in total. The molecule has 0 aromatic heterocycles. The van der Waals surface area contributed by atoms with Gasteiger partial charge in [-0.2, -0.15) is 13.2 Å². The van der Waals surface area contributed by atoms with Crippen molar-refractivity contribution in [2.45, 2.75) is 30.3 Å². The van der Waals surface area contributed by atoms with Crippen LogP contribution in [0.4, 0.5) is 32.0 Å². The summed E-state index contributed by atoms with van der Waals surface area (Å²) in [6.07, 6.45) is -4.76. The van der Waals surface area contributed by atoms with Gasteiger partial charge in [0.2, 0.25) is 5.91 Å². The number of carbonyl (C=O) groups excluding carboxylic acids is 1. The van der Waals surface area contributed by atoms with Crippen LogP contribution in [0.25, 0.3) is 0 Å². The molecule has 0 spiro atoms. The van der Waals surface area contributed by atoms with Gasteiger partial charge in [0, 0.05) is 37.5 Å². The number of halogens is 6. The highest BCUT2D eigenvalue weighted by Crippen LogP contribution is 2.49. The summed E-state index contributed by atoms with van der Waals surface area (Å²) in [5.41, 5.74) is 0.574. The standard InChI is InChI=1S/C17H18F6N2OS/c1-10-6-12(18)13(7-14(10)27-9-17(21,22)23)24-2-4-25(5-3-24)15(26)11-8-16(11,19)20/h6-7,11H,2-5,8-9H2,1H3. The molecule has 1 amide bonds. The zero-order valence-electron chi connectivity index (χ0n) is 14.5. The molecule has 3 rings (SSSR count). The second-order valence-corrected chi connectivity index (χ2v) is 7.82. The number of piperazine rings is 1. The first-order valence-corrected chi connectivity index (χ1v) is 9.38. The Balaban J connectivity index is 1.66. The smallest absolute Gasteiger partial charge is 0.366 e. The molecule has 1 saturated carbocycles. The van der Waals surface area contributed by atoms with Crippen LogP contribution >= 0.6 is 11.8 Å². The first kappa shape index (κ1) is 20.2.